The lowest BCUT2D eigenvalue weighted by Crippen LogP contribution is -2.10. The van der Waals surface area contributed by atoms with Gasteiger partial charge in [-0.15, -0.1) is 0 Å². The topological polar surface area (TPSA) is 93.6 Å². The van der Waals surface area contributed by atoms with Crippen LogP contribution in [0.4, 0.5) is 0 Å². The molecule has 0 amide bonds. The maximum Gasteiger partial charge on any atom is 0.337 e. The predicted octanol–water partition coefficient (Wildman–Crippen LogP) is 2.03. The molecular formula is C16H13NO5. The maximum atomic E-state index is 12.2. The largest absolute Gasteiger partial charge is 0.507 e. The Bertz CT molecular complexity index is 725. The van der Waals surface area contributed by atoms with Crippen molar-refractivity contribution in [2.24, 2.45) is 0 Å². The molecule has 0 aliphatic rings. The van der Waals surface area contributed by atoms with Gasteiger partial charge in [0.25, 0.3) is 0 Å². The van der Waals surface area contributed by atoms with Gasteiger partial charge >= 0.3 is 5.97 Å². The van der Waals surface area contributed by atoms with E-state index in [1.807, 2.05) is 0 Å². The highest BCUT2D eigenvalue weighted by Crippen LogP contribution is 2.21. The van der Waals surface area contributed by atoms with E-state index >= 15 is 0 Å². The van der Waals surface area contributed by atoms with Gasteiger partial charge in [0.1, 0.15) is 5.75 Å². The van der Waals surface area contributed by atoms with Crippen LogP contribution in [0, 0.1) is 0 Å². The normalized spacial score (nSPS) is 10.0. The summed E-state index contributed by atoms with van der Waals surface area (Å²) in [7, 11) is 1.21. The van der Waals surface area contributed by atoms with Crippen molar-refractivity contribution in [1.82, 2.24) is 4.98 Å². The number of methoxy groups -OCH3 is 1. The molecule has 0 radical (unpaired) electrons. The summed E-state index contributed by atoms with van der Waals surface area (Å²) in [6, 6.07) is 6.90. The number of ketones is 2. The lowest BCUT2D eigenvalue weighted by Gasteiger charge is -2.06. The number of benzene rings is 1. The zero-order valence-corrected chi connectivity index (χ0v) is 11.8. The fourth-order valence-electron chi connectivity index (χ4n) is 1.88. The second kappa shape index (κ2) is 6.62. The quantitative estimate of drug-likeness (QED) is 0.516. The van der Waals surface area contributed by atoms with Gasteiger partial charge in [-0.2, -0.15) is 0 Å². The molecule has 1 heterocycles. The molecule has 0 saturated carbocycles. The van der Waals surface area contributed by atoms with Crippen molar-refractivity contribution in [1.29, 1.82) is 0 Å². The lowest BCUT2D eigenvalue weighted by atomic mass is 10.00. The van der Waals surface area contributed by atoms with Crippen LogP contribution >= 0.6 is 0 Å². The van der Waals surface area contributed by atoms with E-state index in [2.05, 4.69) is 9.72 Å². The van der Waals surface area contributed by atoms with Crippen LogP contribution < -0.4 is 0 Å². The third-order valence-corrected chi connectivity index (χ3v) is 3.02. The van der Waals surface area contributed by atoms with Crippen molar-refractivity contribution in [2.75, 3.05) is 7.11 Å². The third-order valence-electron chi connectivity index (χ3n) is 3.02. The molecule has 2 rings (SSSR count). The summed E-state index contributed by atoms with van der Waals surface area (Å²) in [4.78, 5) is 39.4. The fourth-order valence-corrected chi connectivity index (χ4v) is 1.88. The Kier molecular flexibility index (Phi) is 4.63. The molecule has 0 bridgehead atoms. The molecule has 1 aromatic carbocycles. The number of pyridine rings is 1. The van der Waals surface area contributed by atoms with Gasteiger partial charge in [-0.05, 0) is 30.3 Å². The zero-order valence-electron chi connectivity index (χ0n) is 11.8. The van der Waals surface area contributed by atoms with E-state index in [1.54, 1.807) is 12.1 Å². The zero-order chi connectivity index (χ0) is 16.1. The van der Waals surface area contributed by atoms with Crippen molar-refractivity contribution in [3.63, 3.8) is 0 Å². The van der Waals surface area contributed by atoms with Crippen LogP contribution in [0.1, 0.15) is 37.5 Å². The molecule has 6 heteroatoms. The van der Waals surface area contributed by atoms with Crippen molar-refractivity contribution in [3.05, 3.63) is 59.4 Å². The van der Waals surface area contributed by atoms with E-state index in [4.69, 9.17) is 0 Å². The number of Topliss-reactive ketones (excluding diaryl/α,β-unsaturated/α-hetero) is 2. The van der Waals surface area contributed by atoms with Crippen molar-refractivity contribution in [3.8, 4) is 5.75 Å². The number of hydrogen-bond acceptors (Lipinski definition) is 6. The van der Waals surface area contributed by atoms with Gasteiger partial charge in [0.05, 0.1) is 24.7 Å². The Morgan fingerprint density at radius 3 is 2.55 bits per heavy atom. The van der Waals surface area contributed by atoms with E-state index in [1.165, 1.54) is 37.7 Å². The van der Waals surface area contributed by atoms with Gasteiger partial charge in [-0.25, -0.2) is 4.79 Å². The van der Waals surface area contributed by atoms with Crippen molar-refractivity contribution in [2.45, 2.75) is 6.42 Å². The molecule has 22 heavy (non-hydrogen) atoms. The minimum absolute atomic E-state index is 0.0971. The number of carbonyl (C=O) groups excluding carboxylic acids is 3. The molecule has 112 valence electrons. The van der Waals surface area contributed by atoms with Crippen molar-refractivity contribution >= 4 is 17.5 Å². The first-order valence-electron chi connectivity index (χ1n) is 6.40. The molecule has 2 aromatic rings. The fraction of sp³-hybridized carbons (Fsp3) is 0.125. The molecule has 0 aliphatic carbocycles. The Labute approximate surface area is 126 Å². The molecule has 0 fully saturated rings. The molecule has 0 spiro atoms. The number of carbonyl (C=O) groups is 3. The summed E-state index contributed by atoms with van der Waals surface area (Å²) in [5.41, 5.74) is 0.331. The summed E-state index contributed by atoms with van der Waals surface area (Å²) in [5.74, 6) is -1.93. The molecule has 0 unspecified atom stereocenters. The van der Waals surface area contributed by atoms with E-state index < -0.39 is 24.0 Å². The summed E-state index contributed by atoms with van der Waals surface area (Å²) >= 11 is 0. The third kappa shape index (κ3) is 3.35. The average Bonchev–Trinajstić information content (AvgIpc) is 2.55. The van der Waals surface area contributed by atoms with Crippen LogP contribution in [0.2, 0.25) is 0 Å². The summed E-state index contributed by atoms with van der Waals surface area (Å²) in [6.07, 6.45) is 2.45. The van der Waals surface area contributed by atoms with Gasteiger partial charge < -0.3 is 9.84 Å². The number of aromatic hydroxyl groups is 1. The Morgan fingerprint density at radius 2 is 1.91 bits per heavy atom. The second-order valence-electron chi connectivity index (χ2n) is 4.49. The summed E-state index contributed by atoms with van der Waals surface area (Å²) in [6.45, 7) is 0. The maximum absolute atomic E-state index is 12.2. The number of rotatable bonds is 5. The highest BCUT2D eigenvalue weighted by atomic mass is 16.5. The van der Waals surface area contributed by atoms with Crippen LogP contribution in [0.5, 0.6) is 5.75 Å². The molecule has 6 nitrogen and oxygen atoms in total. The monoisotopic (exact) mass is 299 g/mol. The van der Waals surface area contributed by atoms with E-state index in [-0.39, 0.29) is 16.9 Å². The van der Waals surface area contributed by atoms with Crippen LogP contribution in [0.3, 0.4) is 0 Å². The first-order valence-corrected chi connectivity index (χ1v) is 6.40. The average molecular weight is 299 g/mol. The number of phenolic OH excluding ortho intramolecular Hbond substituents is 1. The summed E-state index contributed by atoms with van der Waals surface area (Å²) < 4.78 is 4.55. The van der Waals surface area contributed by atoms with Gasteiger partial charge in [-0.1, -0.05) is 0 Å². The molecule has 0 aliphatic heterocycles. The first-order chi connectivity index (χ1) is 10.5. The van der Waals surface area contributed by atoms with Crippen LogP contribution in [0.25, 0.3) is 0 Å². The number of nitrogens with zero attached hydrogens (tertiary/aromatic N) is 1. The molecular weight excluding hydrogens is 286 g/mol. The Balaban J connectivity index is 2.22. The van der Waals surface area contributed by atoms with E-state index in [0.717, 1.165) is 0 Å². The van der Waals surface area contributed by atoms with Gasteiger partial charge in [0, 0.05) is 18.0 Å². The minimum atomic E-state index is -0.632. The molecule has 1 N–H and O–H groups in total. The van der Waals surface area contributed by atoms with Crippen LogP contribution in [-0.2, 0) is 4.74 Å². The second-order valence-corrected chi connectivity index (χ2v) is 4.49. The minimum Gasteiger partial charge on any atom is -0.507 e. The predicted molar refractivity (Wildman–Crippen MR) is 77.0 cm³/mol. The van der Waals surface area contributed by atoms with Crippen LogP contribution in [0.15, 0.2) is 42.7 Å². The molecule has 0 atom stereocenters. The number of hydrogen-bond donors (Lipinski definition) is 1. The SMILES string of the molecule is COC(=O)c1ccc(O)c(C(=O)CC(=O)c2cccnc2)c1. The summed E-state index contributed by atoms with van der Waals surface area (Å²) in [5, 5.41) is 9.75. The highest BCUT2D eigenvalue weighted by Gasteiger charge is 2.19. The first kappa shape index (κ1) is 15.4. The van der Waals surface area contributed by atoms with E-state index in [0.29, 0.717) is 5.56 Å². The Hall–Kier alpha value is -3.02. The van der Waals surface area contributed by atoms with Gasteiger partial charge in [-0.3, -0.25) is 14.6 Å². The van der Waals surface area contributed by atoms with Gasteiger partial charge in [0.15, 0.2) is 11.6 Å². The number of esters is 1. The number of ether oxygens (including phenoxy) is 1. The van der Waals surface area contributed by atoms with Crippen molar-refractivity contribution < 1.29 is 24.2 Å². The molecule has 1 aromatic heterocycles. The smallest absolute Gasteiger partial charge is 0.337 e. The highest BCUT2D eigenvalue weighted by molar-refractivity contribution is 6.14. The lowest BCUT2D eigenvalue weighted by molar-refractivity contribution is 0.0600. The standard InChI is InChI=1S/C16H13NO5/c1-22-16(21)10-4-5-13(18)12(7-10)15(20)8-14(19)11-3-2-6-17-9-11/h2-7,9,18H,8H2,1H3. The van der Waals surface area contributed by atoms with Gasteiger partial charge in [0.2, 0.25) is 0 Å². The van der Waals surface area contributed by atoms with E-state index in [9.17, 15) is 19.5 Å². The molecule has 0 saturated heterocycles. The number of phenols is 1. The van der Waals surface area contributed by atoms with Crippen LogP contribution in [-0.4, -0.2) is 34.7 Å². The Morgan fingerprint density at radius 1 is 1.14 bits per heavy atom. The number of aromatic nitrogens is 1.